The molecule has 1 saturated carbocycles. The highest BCUT2D eigenvalue weighted by atomic mass is 19.1. The number of rotatable bonds is 5. The normalized spacial score (nSPS) is 17.0. The third-order valence-corrected chi connectivity index (χ3v) is 3.06. The summed E-state index contributed by atoms with van der Waals surface area (Å²) in [6, 6.07) is 3.14. The lowest BCUT2D eigenvalue weighted by Crippen LogP contribution is -2.20. The van der Waals surface area contributed by atoms with E-state index in [0.29, 0.717) is 19.3 Å². The molecule has 0 saturated heterocycles. The standard InChI is InChI=1S/C13H19FN2O/c14-13-10-11(6-7-16-13)15-8-9-17-12-4-2-1-3-5-12/h6-7,10,12H,1-5,8-9H2,(H,15,16). The molecule has 17 heavy (non-hydrogen) atoms. The Kier molecular flexibility index (Phi) is 4.74. The molecule has 1 fully saturated rings. The van der Waals surface area contributed by atoms with Crippen molar-refractivity contribution in [3.63, 3.8) is 0 Å². The van der Waals surface area contributed by atoms with Crippen molar-refractivity contribution in [1.29, 1.82) is 0 Å². The van der Waals surface area contributed by atoms with Gasteiger partial charge in [0.2, 0.25) is 5.95 Å². The Balaban J connectivity index is 1.62. The van der Waals surface area contributed by atoms with E-state index in [0.717, 1.165) is 5.69 Å². The molecule has 1 aliphatic rings. The second-order valence-corrected chi connectivity index (χ2v) is 4.42. The summed E-state index contributed by atoms with van der Waals surface area (Å²) in [7, 11) is 0. The van der Waals surface area contributed by atoms with Crippen molar-refractivity contribution in [3.05, 3.63) is 24.3 Å². The maximum Gasteiger partial charge on any atom is 0.214 e. The van der Waals surface area contributed by atoms with Gasteiger partial charge in [-0.3, -0.25) is 0 Å². The zero-order valence-electron chi connectivity index (χ0n) is 9.99. The summed E-state index contributed by atoms with van der Waals surface area (Å²) in [6.45, 7) is 1.38. The molecular weight excluding hydrogens is 219 g/mol. The molecule has 0 aromatic carbocycles. The van der Waals surface area contributed by atoms with E-state index in [1.165, 1.54) is 44.4 Å². The molecule has 0 radical (unpaired) electrons. The van der Waals surface area contributed by atoms with E-state index < -0.39 is 5.95 Å². The van der Waals surface area contributed by atoms with Crippen LogP contribution in [0.5, 0.6) is 0 Å². The van der Waals surface area contributed by atoms with Crippen LogP contribution in [0.25, 0.3) is 0 Å². The fourth-order valence-electron chi connectivity index (χ4n) is 2.17. The first-order valence-electron chi connectivity index (χ1n) is 6.31. The SMILES string of the molecule is Fc1cc(NCCOC2CCCCC2)ccn1. The summed E-state index contributed by atoms with van der Waals surface area (Å²) in [4.78, 5) is 3.50. The van der Waals surface area contributed by atoms with Gasteiger partial charge >= 0.3 is 0 Å². The van der Waals surface area contributed by atoms with Crippen LogP contribution in [-0.4, -0.2) is 24.2 Å². The summed E-state index contributed by atoms with van der Waals surface area (Å²) >= 11 is 0. The molecule has 0 spiro atoms. The van der Waals surface area contributed by atoms with E-state index in [1.54, 1.807) is 6.07 Å². The van der Waals surface area contributed by atoms with Gasteiger partial charge in [0.1, 0.15) is 0 Å². The highest BCUT2D eigenvalue weighted by molar-refractivity contribution is 5.40. The number of anilines is 1. The highest BCUT2D eigenvalue weighted by Crippen LogP contribution is 2.20. The molecular formula is C13H19FN2O. The first kappa shape index (κ1) is 12.3. The number of hydrogen-bond donors (Lipinski definition) is 1. The molecule has 4 heteroatoms. The largest absolute Gasteiger partial charge is 0.383 e. The smallest absolute Gasteiger partial charge is 0.214 e. The lowest BCUT2D eigenvalue weighted by Gasteiger charge is -2.22. The van der Waals surface area contributed by atoms with Crippen molar-refractivity contribution in [3.8, 4) is 0 Å². The molecule has 0 bridgehead atoms. The van der Waals surface area contributed by atoms with E-state index in [-0.39, 0.29) is 0 Å². The topological polar surface area (TPSA) is 34.1 Å². The van der Waals surface area contributed by atoms with Crippen LogP contribution in [0.3, 0.4) is 0 Å². The summed E-state index contributed by atoms with van der Waals surface area (Å²) in [5.41, 5.74) is 0.754. The Morgan fingerprint density at radius 2 is 2.18 bits per heavy atom. The van der Waals surface area contributed by atoms with Gasteiger partial charge in [-0.05, 0) is 18.9 Å². The second-order valence-electron chi connectivity index (χ2n) is 4.42. The Morgan fingerprint density at radius 1 is 1.35 bits per heavy atom. The van der Waals surface area contributed by atoms with Crippen LogP contribution >= 0.6 is 0 Å². The summed E-state index contributed by atoms with van der Waals surface area (Å²) in [6.07, 6.45) is 8.17. The predicted molar refractivity (Wildman–Crippen MR) is 65.5 cm³/mol. The molecule has 1 aliphatic carbocycles. The van der Waals surface area contributed by atoms with Crippen LogP contribution < -0.4 is 5.32 Å². The van der Waals surface area contributed by atoms with Gasteiger partial charge in [0, 0.05) is 24.5 Å². The third kappa shape index (κ3) is 4.30. The maximum atomic E-state index is 12.8. The van der Waals surface area contributed by atoms with Crippen molar-refractivity contribution in [2.75, 3.05) is 18.5 Å². The van der Waals surface area contributed by atoms with Gasteiger partial charge in [0.25, 0.3) is 0 Å². The number of hydrogen-bond acceptors (Lipinski definition) is 3. The van der Waals surface area contributed by atoms with Crippen molar-refractivity contribution in [2.24, 2.45) is 0 Å². The first-order chi connectivity index (χ1) is 8.34. The van der Waals surface area contributed by atoms with E-state index in [1.807, 2.05) is 0 Å². The molecule has 1 aromatic rings. The number of nitrogens with one attached hydrogen (secondary N) is 1. The van der Waals surface area contributed by atoms with Crippen LogP contribution in [0.15, 0.2) is 18.3 Å². The average Bonchev–Trinajstić information content (AvgIpc) is 2.36. The second kappa shape index (κ2) is 6.55. The van der Waals surface area contributed by atoms with Gasteiger partial charge in [-0.1, -0.05) is 19.3 Å². The Hall–Kier alpha value is -1.16. The van der Waals surface area contributed by atoms with Crippen molar-refractivity contribution < 1.29 is 9.13 Å². The zero-order chi connectivity index (χ0) is 11.9. The molecule has 3 nitrogen and oxygen atoms in total. The minimum absolute atomic E-state index is 0.430. The fourth-order valence-corrected chi connectivity index (χ4v) is 2.17. The molecule has 0 unspecified atom stereocenters. The Bertz CT molecular complexity index is 340. The van der Waals surface area contributed by atoms with Crippen molar-refractivity contribution in [1.82, 2.24) is 4.98 Å². The van der Waals surface area contributed by atoms with Crippen LogP contribution in [-0.2, 0) is 4.74 Å². The van der Waals surface area contributed by atoms with Crippen LogP contribution in [0.1, 0.15) is 32.1 Å². The maximum absolute atomic E-state index is 12.8. The fraction of sp³-hybridized carbons (Fsp3) is 0.615. The molecule has 2 rings (SSSR count). The summed E-state index contributed by atoms with van der Waals surface area (Å²) < 4.78 is 18.5. The van der Waals surface area contributed by atoms with E-state index >= 15 is 0 Å². The minimum Gasteiger partial charge on any atom is -0.383 e. The van der Waals surface area contributed by atoms with Gasteiger partial charge in [-0.25, -0.2) is 4.98 Å². The van der Waals surface area contributed by atoms with Crippen molar-refractivity contribution in [2.45, 2.75) is 38.2 Å². The minimum atomic E-state index is -0.455. The first-order valence-corrected chi connectivity index (χ1v) is 6.31. The quantitative estimate of drug-likeness (QED) is 0.632. The molecule has 0 amide bonds. The molecule has 94 valence electrons. The summed E-state index contributed by atoms with van der Waals surface area (Å²) in [5, 5.41) is 3.12. The van der Waals surface area contributed by atoms with Gasteiger partial charge in [0.05, 0.1) is 12.7 Å². The molecule has 0 aliphatic heterocycles. The van der Waals surface area contributed by atoms with Crippen LogP contribution in [0.2, 0.25) is 0 Å². The lowest BCUT2D eigenvalue weighted by molar-refractivity contribution is 0.0347. The summed E-state index contributed by atoms with van der Waals surface area (Å²) in [5.74, 6) is -0.455. The number of halogens is 1. The molecule has 0 atom stereocenters. The molecule has 1 N–H and O–H groups in total. The van der Waals surface area contributed by atoms with E-state index in [9.17, 15) is 4.39 Å². The van der Waals surface area contributed by atoms with Crippen LogP contribution in [0.4, 0.5) is 10.1 Å². The van der Waals surface area contributed by atoms with E-state index in [2.05, 4.69) is 10.3 Å². The molecule has 1 aromatic heterocycles. The average molecular weight is 238 g/mol. The van der Waals surface area contributed by atoms with Gasteiger partial charge in [-0.15, -0.1) is 0 Å². The van der Waals surface area contributed by atoms with Crippen molar-refractivity contribution >= 4 is 5.69 Å². The van der Waals surface area contributed by atoms with Gasteiger partial charge < -0.3 is 10.1 Å². The molecule has 1 heterocycles. The highest BCUT2D eigenvalue weighted by Gasteiger charge is 2.12. The number of ether oxygens (including phenoxy) is 1. The number of aromatic nitrogens is 1. The number of pyridine rings is 1. The van der Waals surface area contributed by atoms with Gasteiger partial charge in [-0.2, -0.15) is 4.39 Å². The monoisotopic (exact) mass is 238 g/mol. The Labute approximate surface area is 101 Å². The van der Waals surface area contributed by atoms with Crippen LogP contribution in [0, 0.1) is 5.95 Å². The Morgan fingerprint density at radius 3 is 2.94 bits per heavy atom. The third-order valence-electron chi connectivity index (χ3n) is 3.06. The zero-order valence-corrected chi connectivity index (χ0v) is 9.99. The predicted octanol–water partition coefficient (Wildman–Crippen LogP) is 2.98. The van der Waals surface area contributed by atoms with Gasteiger partial charge in [0.15, 0.2) is 0 Å². The lowest BCUT2D eigenvalue weighted by atomic mass is 9.98. The van der Waals surface area contributed by atoms with E-state index in [4.69, 9.17) is 4.74 Å². The number of nitrogens with zero attached hydrogens (tertiary/aromatic N) is 1.